The summed E-state index contributed by atoms with van der Waals surface area (Å²) >= 11 is 0. The van der Waals surface area contributed by atoms with Gasteiger partial charge >= 0.3 is 0 Å². The van der Waals surface area contributed by atoms with Gasteiger partial charge in [-0.1, -0.05) is 32.0 Å². The van der Waals surface area contributed by atoms with Crippen LogP contribution in [0.3, 0.4) is 0 Å². The molecule has 142 valence electrons. The molecule has 1 atom stereocenters. The summed E-state index contributed by atoms with van der Waals surface area (Å²) < 4.78 is 0. The van der Waals surface area contributed by atoms with Crippen molar-refractivity contribution in [2.45, 2.75) is 51.1 Å². The molecule has 2 aliphatic rings. The Morgan fingerprint density at radius 2 is 1.82 bits per heavy atom. The summed E-state index contributed by atoms with van der Waals surface area (Å²) in [6.07, 6.45) is 12.0. The highest BCUT2D eigenvalue weighted by atomic mass is 15.5. The minimum absolute atomic E-state index is 0.178. The number of rotatable bonds is 3. The van der Waals surface area contributed by atoms with Crippen LogP contribution in [0.5, 0.6) is 0 Å². The highest BCUT2D eigenvalue weighted by Crippen LogP contribution is 2.54. The molecule has 1 aromatic carbocycles. The van der Waals surface area contributed by atoms with E-state index in [0.29, 0.717) is 0 Å². The number of para-hydroxylation sites is 1. The third kappa shape index (κ3) is 2.35. The van der Waals surface area contributed by atoms with E-state index in [-0.39, 0.29) is 11.6 Å². The number of pyridine rings is 1. The van der Waals surface area contributed by atoms with Crippen molar-refractivity contribution in [1.29, 1.82) is 0 Å². The fourth-order valence-corrected chi connectivity index (χ4v) is 5.08. The van der Waals surface area contributed by atoms with Gasteiger partial charge in [0.05, 0.1) is 18.1 Å². The van der Waals surface area contributed by atoms with Crippen LogP contribution in [0.4, 0.5) is 22.9 Å². The summed E-state index contributed by atoms with van der Waals surface area (Å²) in [5.41, 5.74) is 5.10. The Morgan fingerprint density at radius 1 is 0.964 bits per heavy atom. The Bertz CT molecular complexity index is 983. The molecule has 0 N–H and O–H groups in total. The first kappa shape index (κ1) is 17.2. The Morgan fingerprint density at radius 3 is 2.61 bits per heavy atom. The van der Waals surface area contributed by atoms with Crippen molar-refractivity contribution in [2.24, 2.45) is 0 Å². The summed E-state index contributed by atoms with van der Waals surface area (Å²) in [4.78, 5) is 18.2. The molecule has 2 aromatic heterocycles. The molecule has 2 aliphatic heterocycles. The second-order valence-corrected chi connectivity index (χ2v) is 7.71. The van der Waals surface area contributed by atoms with Gasteiger partial charge in [0.1, 0.15) is 18.2 Å². The van der Waals surface area contributed by atoms with Gasteiger partial charge in [0.2, 0.25) is 0 Å². The number of aromatic nitrogens is 3. The van der Waals surface area contributed by atoms with Crippen molar-refractivity contribution in [3.8, 4) is 0 Å². The fourth-order valence-electron chi connectivity index (χ4n) is 5.08. The molecule has 28 heavy (non-hydrogen) atoms. The standard InChI is InChI=1S/C23H25N5/c1-3-23(4-2)12-11-21-27(17-8-7-13-24-14-17)22-20(15-25-16-26-22)28(21)19-10-6-5-9-18(19)23/h5-10,13-16,21H,3-4,11-12H2,1-2H3. The SMILES string of the molecule is CCC1(CC)CCC2N(c3ccccc31)c1cncnc1N2c1cccnc1. The lowest BCUT2D eigenvalue weighted by molar-refractivity contribution is 0.354. The van der Waals surface area contributed by atoms with Crippen LogP contribution in [0.2, 0.25) is 0 Å². The average Bonchev–Trinajstić information content (AvgIpc) is 3.02. The fraction of sp³-hybridized carbons (Fsp3) is 0.348. The van der Waals surface area contributed by atoms with Crippen LogP contribution in [0.15, 0.2) is 61.3 Å². The number of benzene rings is 1. The molecule has 5 nitrogen and oxygen atoms in total. The molecule has 0 aliphatic carbocycles. The van der Waals surface area contributed by atoms with Crippen LogP contribution in [0.1, 0.15) is 45.1 Å². The maximum atomic E-state index is 4.67. The Labute approximate surface area is 166 Å². The Kier molecular flexibility index (Phi) is 4.04. The lowest BCUT2D eigenvalue weighted by Gasteiger charge is -2.33. The highest BCUT2D eigenvalue weighted by Gasteiger charge is 2.45. The van der Waals surface area contributed by atoms with Gasteiger partial charge in [-0.05, 0) is 54.9 Å². The van der Waals surface area contributed by atoms with Gasteiger partial charge in [-0.25, -0.2) is 9.97 Å². The van der Waals surface area contributed by atoms with Gasteiger partial charge in [0, 0.05) is 11.9 Å². The van der Waals surface area contributed by atoms with Crippen LogP contribution >= 0.6 is 0 Å². The number of nitrogens with zero attached hydrogens (tertiary/aromatic N) is 5. The maximum Gasteiger partial charge on any atom is 0.162 e. The first-order valence-electron chi connectivity index (χ1n) is 10.2. The average molecular weight is 371 g/mol. The van der Waals surface area contributed by atoms with Crippen LogP contribution in [-0.2, 0) is 5.41 Å². The Hall–Kier alpha value is -2.95. The van der Waals surface area contributed by atoms with Gasteiger partial charge in [0.25, 0.3) is 0 Å². The van der Waals surface area contributed by atoms with Crippen LogP contribution < -0.4 is 9.80 Å². The molecule has 5 rings (SSSR count). The van der Waals surface area contributed by atoms with Gasteiger partial charge in [-0.3, -0.25) is 4.98 Å². The molecule has 0 amide bonds. The smallest absolute Gasteiger partial charge is 0.162 e. The minimum atomic E-state index is 0.178. The van der Waals surface area contributed by atoms with E-state index in [1.807, 2.05) is 24.7 Å². The molecule has 3 aromatic rings. The molecule has 0 radical (unpaired) electrons. The first-order chi connectivity index (χ1) is 13.8. The molecular formula is C23H25N5. The summed E-state index contributed by atoms with van der Waals surface area (Å²) in [6.45, 7) is 4.65. The second-order valence-electron chi connectivity index (χ2n) is 7.71. The molecule has 4 heterocycles. The van der Waals surface area contributed by atoms with Crippen molar-refractivity contribution in [3.63, 3.8) is 0 Å². The predicted octanol–water partition coefficient (Wildman–Crippen LogP) is 5.34. The van der Waals surface area contributed by atoms with E-state index in [0.717, 1.165) is 42.9 Å². The second kappa shape index (κ2) is 6.59. The topological polar surface area (TPSA) is 45.2 Å². The van der Waals surface area contributed by atoms with E-state index in [9.17, 15) is 0 Å². The lowest BCUT2D eigenvalue weighted by atomic mass is 9.72. The molecule has 0 fully saturated rings. The normalized spacial score (nSPS) is 19.6. The van der Waals surface area contributed by atoms with Crippen LogP contribution in [-0.4, -0.2) is 21.1 Å². The largest absolute Gasteiger partial charge is 0.315 e. The molecule has 0 bridgehead atoms. The van der Waals surface area contributed by atoms with Gasteiger partial charge in [-0.2, -0.15) is 0 Å². The number of hydrogen-bond donors (Lipinski definition) is 0. The number of fused-ring (bicyclic) bond motifs is 5. The first-order valence-corrected chi connectivity index (χ1v) is 10.2. The molecule has 0 saturated carbocycles. The van der Waals surface area contributed by atoms with Crippen molar-refractivity contribution in [1.82, 2.24) is 15.0 Å². The zero-order valence-electron chi connectivity index (χ0n) is 16.4. The number of anilines is 4. The summed E-state index contributed by atoms with van der Waals surface area (Å²) in [7, 11) is 0. The quantitative estimate of drug-likeness (QED) is 0.622. The third-order valence-electron chi connectivity index (χ3n) is 6.65. The summed E-state index contributed by atoms with van der Waals surface area (Å²) in [5, 5.41) is 0. The summed E-state index contributed by atoms with van der Waals surface area (Å²) in [5.74, 6) is 0.961. The van der Waals surface area contributed by atoms with Crippen molar-refractivity contribution in [2.75, 3.05) is 9.80 Å². The van der Waals surface area contributed by atoms with E-state index < -0.39 is 0 Å². The predicted molar refractivity (Wildman–Crippen MR) is 112 cm³/mol. The van der Waals surface area contributed by atoms with Crippen molar-refractivity contribution < 1.29 is 0 Å². The minimum Gasteiger partial charge on any atom is -0.315 e. The number of hydrogen-bond acceptors (Lipinski definition) is 5. The zero-order chi connectivity index (χ0) is 19.1. The van der Waals surface area contributed by atoms with Gasteiger partial charge in [0.15, 0.2) is 5.82 Å². The lowest BCUT2D eigenvalue weighted by Crippen LogP contribution is -2.38. The monoisotopic (exact) mass is 371 g/mol. The highest BCUT2D eigenvalue weighted by molar-refractivity contribution is 5.86. The molecule has 1 unspecified atom stereocenters. The van der Waals surface area contributed by atoms with E-state index in [1.165, 1.54) is 11.3 Å². The molecule has 0 spiro atoms. The van der Waals surface area contributed by atoms with Gasteiger partial charge < -0.3 is 9.80 Å². The van der Waals surface area contributed by atoms with Gasteiger partial charge in [-0.15, -0.1) is 0 Å². The Balaban J connectivity index is 1.75. The van der Waals surface area contributed by atoms with Crippen molar-refractivity contribution >= 4 is 22.9 Å². The molecule has 0 saturated heterocycles. The van der Waals surface area contributed by atoms with E-state index in [2.05, 4.69) is 68.9 Å². The molecular weight excluding hydrogens is 346 g/mol. The maximum absolute atomic E-state index is 4.67. The van der Waals surface area contributed by atoms with E-state index in [1.54, 1.807) is 6.33 Å². The van der Waals surface area contributed by atoms with Crippen LogP contribution in [0, 0.1) is 0 Å². The van der Waals surface area contributed by atoms with Crippen LogP contribution in [0.25, 0.3) is 0 Å². The van der Waals surface area contributed by atoms with Crippen molar-refractivity contribution in [3.05, 3.63) is 66.9 Å². The van der Waals surface area contributed by atoms with E-state index >= 15 is 0 Å². The molecule has 5 heteroatoms. The third-order valence-corrected chi connectivity index (χ3v) is 6.65. The summed E-state index contributed by atoms with van der Waals surface area (Å²) in [6, 6.07) is 13.0. The zero-order valence-corrected chi connectivity index (χ0v) is 16.4. The van der Waals surface area contributed by atoms with E-state index in [4.69, 9.17) is 0 Å².